The quantitative estimate of drug-likeness (QED) is 0.497. The number of aromatic nitrogens is 4. The first-order valence-electron chi connectivity index (χ1n) is 6.71. The number of alkyl halides is 3. The van der Waals surface area contributed by atoms with Gasteiger partial charge in [0.1, 0.15) is 0 Å². The van der Waals surface area contributed by atoms with Gasteiger partial charge in [0.15, 0.2) is 10.9 Å². The van der Waals surface area contributed by atoms with Crippen molar-refractivity contribution in [2.75, 3.05) is 0 Å². The van der Waals surface area contributed by atoms with E-state index >= 15 is 0 Å². The predicted molar refractivity (Wildman–Crippen MR) is 86.9 cm³/mol. The van der Waals surface area contributed by atoms with Crippen molar-refractivity contribution in [3.63, 3.8) is 0 Å². The number of halogens is 4. The zero-order valence-electron chi connectivity index (χ0n) is 12.2. The average molecular weight is 433 g/mol. The fourth-order valence-corrected chi connectivity index (χ4v) is 2.94. The maximum Gasteiger partial charge on any atom is 0.433 e. The standard InChI is InChI=1S/C14H8BrF3N4O2S/c15-8-3-1-2-7(4-8)12-22-21-11(24-12)6-25-13-19-9(14(16,17)18)5-10(23)20-13/h1-5H,6H2,(H,19,20,23). The number of nitrogens with one attached hydrogen (secondary N) is 1. The van der Waals surface area contributed by atoms with Gasteiger partial charge in [0, 0.05) is 16.1 Å². The van der Waals surface area contributed by atoms with Gasteiger partial charge in [0.2, 0.25) is 11.8 Å². The number of thioether (sulfide) groups is 1. The zero-order valence-corrected chi connectivity index (χ0v) is 14.6. The van der Waals surface area contributed by atoms with Crippen LogP contribution in [0.5, 0.6) is 0 Å². The van der Waals surface area contributed by atoms with Crippen LogP contribution in [-0.2, 0) is 11.9 Å². The van der Waals surface area contributed by atoms with Crippen molar-refractivity contribution < 1.29 is 17.6 Å². The van der Waals surface area contributed by atoms with E-state index in [4.69, 9.17) is 4.42 Å². The molecule has 0 radical (unpaired) electrons. The Morgan fingerprint density at radius 2 is 2.04 bits per heavy atom. The van der Waals surface area contributed by atoms with Gasteiger partial charge in [-0.05, 0) is 18.2 Å². The van der Waals surface area contributed by atoms with E-state index in [9.17, 15) is 18.0 Å². The van der Waals surface area contributed by atoms with Crippen LogP contribution in [0.2, 0.25) is 0 Å². The molecule has 2 aromatic heterocycles. The van der Waals surface area contributed by atoms with Crippen LogP contribution in [0.15, 0.2) is 49.2 Å². The van der Waals surface area contributed by atoms with Crippen molar-refractivity contribution in [1.29, 1.82) is 0 Å². The molecule has 6 nitrogen and oxygen atoms in total. The summed E-state index contributed by atoms with van der Waals surface area (Å²) in [5, 5.41) is 7.55. The topological polar surface area (TPSA) is 84.7 Å². The minimum Gasteiger partial charge on any atom is -0.420 e. The first-order valence-corrected chi connectivity index (χ1v) is 8.49. The molecule has 0 unspecified atom stereocenters. The minimum atomic E-state index is -4.69. The fraction of sp³-hybridized carbons (Fsp3) is 0.143. The highest BCUT2D eigenvalue weighted by Crippen LogP contribution is 2.28. The highest BCUT2D eigenvalue weighted by Gasteiger charge is 2.33. The number of aromatic amines is 1. The van der Waals surface area contributed by atoms with Crippen LogP contribution < -0.4 is 5.56 Å². The molecule has 3 rings (SSSR count). The Balaban J connectivity index is 1.75. The van der Waals surface area contributed by atoms with Crippen LogP contribution in [0.4, 0.5) is 13.2 Å². The Bertz CT molecular complexity index is 957. The van der Waals surface area contributed by atoms with Gasteiger partial charge in [-0.2, -0.15) is 13.2 Å². The van der Waals surface area contributed by atoms with Crippen LogP contribution in [-0.4, -0.2) is 20.2 Å². The van der Waals surface area contributed by atoms with Crippen molar-refractivity contribution in [3.05, 3.63) is 56.7 Å². The summed E-state index contributed by atoms with van der Waals surface area (Å²) in [5.74, 6) is 0.535. The van der Waals surface area contributed by atoms with Gasteiger partial charge in [-0.15, -0.1) is 10.2 Å². The molecule has 0 saturated heterocycles. The molecule has 25 heavy (non-hydrogen) atoms. The lowest BCUT2D eigenvalue weighted by molar-refractivity contribution is -0.141. The molecule has 2 heterocycles. The highest BCUT2D eigenvalue weighted by molar-refractivity contribution is 9.10. The van der Waals surface area contributed by atoms with E-state index in [2.05, 4.69) is 36.1 Å². The second-order valence-electron chi connectivity index (χ2n) is 4.73. The second kappa shape index (κ2) is 7.00. The molecule has 0 spiro atoms. The monoisotopic (exact) mass is 432 g/mol. The van der Waals surface area contributed by atoms with Crippen molar-refractivity contribution in [2.45, 2.75) is 17.1 Å². The Kier molecular flexibility index (Phi) is 4.95. The molecule has 0 aliphatic rings. The second-order valence-corrected chi connectivity index (χ2v) is 6.61. The van der Waals surface area contributed by atoms with E-state index in [0.29, 0.717) is 11.6 Å². The van der Waals surface area contributed by atoms with Crippen LogP contribution >= 0.6 is 27.7 Å². The maximum atomic E-state index is 12.7. The third-order valence-corrected chi connectivity index (χ3v) is 4.23. The molecule has 0 bridgehead atoms. The average Bonchev–Trinajstić information content (AvgIpc) is 3.01. The van der Waals surface area contributed by atoms with Gasteiger partial charge in [0.05, 0.1) is 5.75 Å². The summed E-state index contributed by atoms with van der Waals surface area (Å²) in [7, 11) is 0. The predicted octanol–water partition coefficient (Wildman–Crippen LogP) is 3.89. The molecule has 1 N–H and O–H groups in total. The van der Waals surface area contributed by atoms with Crippen molar-refractivity contribution in [3.8, 4) is 11.5 Å². The van der Waals surface area contributed by atoms with E-state index in [1.807, 2.05) is 6.07 Å². The van der Waals surface area contributed by atoms with Crippen molar-refractivity contribution in [1.82, 2.24) is 20.2 Å². The van der Waals surface area contributed by atoms with Gasteiger partial charge in [0.25, 0.3) is 5.56 Å². The molecule has 0 aliphatic heterocycles. The summed E-state index contributed by atoms with van der Waals surface area (Å²) in [6.07, 6.45) is -4.69. The third kappa shape index (κ3) is 4.48. The lowest BCUT2D eigenvalue weighted by atomic mass is 10.2. The van der Waals surface area contributed by atoms with Crippen LogP contribution in [0.1, 0.15) is 11.6 Å². The van der Waals surface area contributed by atoms with E-state index in [-0.39, 0.29) is 22.7 Å². The SMILES string of the molecule is O=c1cc(C(F)(F)F)nc(SCc2nnc(-c3cccc(Br)c3)o2)[nH]1. The highest BCUT2D eigenvalue weighted by atomic mass is 79.9. The van der Waals surface area contributed by atoms with Crippen LogP contribution in [0, 0.1) is 0 Å². The van der Waals surface area contributed by atoms with Gasteiger partial charge in [-0.25, -0.2) is 4.98 Å². The van der Waals surface area contributed by atoms with Crippen molar-refractivity contribution >= 4 is 27.7 Å². The molecular formula is C14H8BrF3N4O2S. The molecule has 3 aromatic rings. The molecule has 130 valence electrons. The molecule has 11 heteroatoms. The molecule has 0 atom stereocenters. The number of rotatable bonds is 4. The number of H-pyrrole nitrogens is 1. The van der Waals surface area contributed by atoms with Crippen molar-refractivity contribution in [2.24, 2.45) is 0 Å². The normalized spacial score (nSPS) is 11.7. The lowest BCUT2D eigenvalue weighted by Crippen LogP contribution is -2.16. The molecule has 0 aliphatic carbocycles. The Hall–Kier alpha value is -2.14. The molecule has 1 aromatic carbocycles. The number of hydrogen-bond acceptors (Lipinski definition) is 6. The Morgan fingerprint density at radius 3 is 2.76 bits per heavy atom. The molecular weight excluding hydrogens is 425 g/mol. The largest absolute Gasteiger partial charge is 0.433 e. The van der Waals surface area contributed by atoms with Crippen LogP contribution in [0.3, 0.4) is 0 Å². The van der Waals surface area contributed by atoms with E-state index in [1.54, 1.807) is 18.2 Å². The number of nitrogens with zero attached hydrogens (tertiary/aromatic N) is 3. The van der Waals surface area contributed by atoms with Gasteiger partial charge in [-0.1, -0.05) is 33.8 Å². The first kappa shape index (κ1) is 17.7. The third-order valence-electron chi connectivity index (χ3n) is 2.88. The Labute approximate surface area is 151 Å². The summed E-state index contributed by atoms with van der Waals surface area (Å²) >= 11 is 4.19. The first-order chi connectivity index (χ1) is 11.8. The van der Waals surface area contributed by atoms with E-state index < -0.39 is 17.4 Å². The number of benzene rings is 1. The molecule has 0 fully saturated rings. The van der Waals surface area contributed by atoms with Gasteiger partial charge >= 0.3 is 6.18 Å². The fourth-order valence-electron chi connectivity index (χ4n) is 1.83. The Morgan fingerprint density at radius 1 is 1.24 bits per heavy atom. The molecule has 0 saturated carbocycles. The summed E-state index contributed by atoms with van der Waals surface area (Å²) in [6.45, 7) is 0. The lowest BCUT2D eigenvalue weighted by Gasteiger charge is -2.06. The summed E-state index contributed by atoms with van der Waals surface area (Å²) < 4.78 is 44.3. The maximum absolute atomic E-state index is 12.7. The summed E-state index contributed by atoms with van der Waals surface area (Å²) in [5.41, 5.74) is -1.44. The summed E-state index contributed by atoms with van der Waals surface area (Å²) in [4.78, 5) is 16.9. The van der Waals surface area contributed by atoms with Crippen LogP contribution in [0.25, 0.3) is 11.5 Å². The van der Waals surface area contributed by atoms with Gasteiger partial charge < -0.3 is 9.40 Å². The number of hydrogen-bond donors (Lipinski definition) is 1. The van der Waals surface area contributed by atoms with E-state index in [0.717, 1.165) is 16.2 Å². The summed E-state index contributed by atoms with van der Waals surface area (Å²) in [6, 6.07) is 7.61. The molecule has 0 amide bonds. The van der Waals surface area contributed by atoms with E-state index in [1.165, 1.54) is 0 Å². The van der Waals surface area contributed by atoms with Gasteiger partial charge in [-0.3, -0.25) is 4.79 Å². The smallest absolute Gasteiger partial charge is 0.420 e. The zero-order chi connectivity index (χ0) is 18.0. The minimum absolute atomic E-state index is 0.0608.